The van der Waals surface area contributed by atoms with E-state index < -0.39 is 0 Å². The number of nitrogens with zero attached hydrogens (tertiary/aromatic N) is 3. The Bertz CT molecular complexity index is 271. The summed E-state index contributed by atoms with van der Waals surface area (Å²) in [5.41, 5.74) is 11.3. The number of guanidine groups is 1. The number of hydrogen-bond donors (Lipinski definition) is 2. The third kappa shape index (κ3) is 2.61. The highest BCUT2D eigenvalue weighted by molar-refractivity contribution is 5.75. The van der Waals surface area contributed by atoms with E-state index in [1.807, 2.05) is 17.8 Å². The summed E-state index contributed by atoms with van der Waals surface area (Å²) in [4.78, 5) is 7.98. The zero-order valence-electron chi connectivity index (χ0n) is 7.07. The molecule has 0 saturated heterocycles. The molecular weight excluding hydrogens is 154 g/mol. The zero-order valence-corrected chi connectivity index (χ0v) is 7.07. The van der Waals surface area contributed by atoms with E-state index in [1.54, 1.807) is 6.33 Å². The second kappa shape index (κ2) is 3.75. The van der Waals surface area contributed by atoms with E-state index in [4.69, 9.17) is 11.5 Å². The first kappa shape index (κ1) is 8.58. The molecule has 0 radical (unpaired) electrons. The molecule has 0 aromatic carbocycles. The Balaban J connectivity index is 2.38. The minimum atomic E-state index is 0.130. The molecular formula is C7H13N5. The molecule has 0 aliphatic heterocycles. The van der Waals surface area contributed by atoms with Gasteiger partial charge in [-0.2, -0.15) is 0 Å². The summed E-state index contributed by atoms with van der Waals surface area (Å²) >= 11 is 0. The molecule has 1 aromatic heterocycles. The maximum atomic E-state index is 5.16. The Labute approximate surface area is 71.1 Å². The lowest BCUT2D eigenvalue weighted by atomic mass is 10.3. The Kier molecular flexibility index (Phi) is 2.68. The number of aromatic nitrogens is 2. The Morgan fingerprint density at radius 2 is 2.42 bits per heavy atom. The van der Waals surface area contributed by atoms with Gasteiger partial charge in [0.25, 0.3) is 0 Å². The normalized spacial score (nSPS) is 9.75. The van der Waals surface area contributed by atoms with E-state index in [2.05, 4.69) is 9.98 Å². The van der Waals surface area contributed by atoms with E-state index in [-0.39, 0.29) is 5.96 Å². The molecule has 0 aliphatic carbocycles. The summed E-state index contributed by atoms with van der Waals surface area (Å²) in [5.74, 6) is 0.130. The van der Waals surface area contributed by atoms with Gasteiger partial charge in [0, 0.05) is 26.2 Å². The van der Waals surface area contributed by atoms with Crippen molar-refractivity contribution < 1.29 is 0 Å². The van der Waals surface area contributed by atoms with Crippen molar-refractivity contribution in [3.63, 3.8) is 0 Å². The van der Waals surface area contributed by atoms with Gasteiger partial charge >= 0.3 is 0 Å². The van der Waals surface area contributed by atoms with Crippen molar-refractivity contribution in [3.05, 3.63) is 18.2 Å². The number of hydrogen-bond acceptors (Lipinski definition) is 2. The van der Waals surface area contributed by atoms with Crippen LogP contribution in [0.3, 0.4) is 0 Å². The van der Waals surface area contributed by atoms with Gasteiger partial charge < -0.3 is 16.0 Å². The minimum Gasteiger partial charge on any atom is -0.370 e. The van der Waals surface area contributed by atoms with E-state index >= 15 is 0 Å². The highest BCUT2D eigenvalue weighted by Gasteiger charge is 1.94. The number of nitrogens with two attached hydrogens (primary N) is 2. The smallest absolute Gasteiger partial charge is 0.185 e. The van der Waals surface area contributed by atoms with Gasteiger partial charge in [0.1, 0.15) is 0 Å². The molecule has 5 heteroatoms. The molecule has 0 saturated carbocycles. The molecule has 5 nitrogen and oxygen atoms in total. The summed E-state index contributed by atoms with van der Waals surface area (Å²) < 4.78 is 1.89. The second-order valence-electron chi connectivity index (χ2n) is 2.59. The van der Waals surface area contributed by atoms with Crippen molar-refractivity contribution in [2.45, 2.75) is 6.42 Å². The lowest BCUT2D eigenvalue weighted by molar-refractivity contribution is 0.906. The molecule has 0 bridgehead atoms. The molecule has 0 aliphatic rings. The second-order valence-corrected chi connectivity index (χ2v) is 2.59. The Morgan fingerprint density at radius 3 is 2.92 bits per heavy atom. The van der Waals surface area contributed by atoms with Gasteiger partial charge in [-0.1, -0.05) is 0 Å². The van der Waals surface area contributed by atoms with Crippen molar-refractivity contribution in [1.82, 2.24) is 9.55 Å². The maximum Gasteiger partial charge on any atom is 0.185 e. The summed E-state index contributed by atoms with van der Waals surface area (Å²) in [6.45, 7) is 0.597. The van der Waals surface area contributed by atoms with Crippen LogP contribution >= 0.6 is 0 Å². The molecule has 0 unspecified atom stereocenters. The predicted molar refractivity (Wildman–Crippen MR) is 47.6 cm³/mol. The molecule has 1 rings (SSSR count). The Hall–Kier alpha value is -1.52. The van der Waals surface area contributed by atoms with Crippen LogP contribution in [0, 0.1) is 0 Å². The summed E-state index contributed by atoms with van der Waals surface area (Å²) in [5, 5.41) is 0. The third-order valence-corrected chi connectivity index (χ3v) is 1.42. The average molecular weight is 167 g/mol. The standard InChI is InChI=1S/C7H13N5/c1-12-4-6(11-5-12)2-3-10-7(8)9/h4-5H,2-3H2,1H3,(H4,8,9,10). The van der Waals surface area contributed by atoms with Gasteiger partial charge in [0.2, 0.25) is 0 Å². The van der Waals surface area contributed by atoms with Gasteiger partial charge in [0.15, 0.2) is 5.96 Å². The van der Waals surface area contributed by atoms with Crippen LogP contribution < -0.4 is 11.5 Å². The molecule has 12 heavy (non-hydrogen) atoms. The molecule has 1 heterocycles. The van der Waals surface area contributed by atoms with E-state index in [1.165, 1.54) is 0 Å². The molecule has 0 atom stereocenters. The van der Waals surface area contributed by atoms with Crippen LogP contribution in [0.4, 0.5) is 0 Å². The summed E-state index contributed by atoms with van der Waals surface area (Å²) in [7, 11) is 1.93. The average Bonchev–Trinajstić information content (AvgIpc) is 2.35. The zero-order chi connectivity index (χ0) is 8.97. The fourth-order valence-electron chi connectivity index (χ4n) is 0.896. The first-order valence-corrected chi connectivity index (χ1v) is 3.70. The van der Waals surface area contributed by atoms with Crippen LogP contribution in [-0.2, 0) is 13.5 Å². The predicted octanol–water partition coefficient (Wildman–Crippen LogP) is -0.764. The van der Waals surface area contributed by atoms with Crippen LogP contribution in [0.2, 0.25) is 0 Å². The number of aryl methyl sites for hydroxylation is 1. The van der Waals surface area contributed by atoms with Crippen LogP contribution in [0.1, 0.15) is 5.69 Å². The number of imidazole rings is 1. The third-order valence-electron chi connectivity index (χ3n) is 1.42. The number of aliphatic imine (C=N–C) groups is 1. The lowest BCUT2D eigenvalue weighted by Crippen LogP contribution is -2.23. The van der Waals surface area contributed by atoms with Crippen LogP contribution in [0.5, 0.6) is 0 Å². The van der Waals surface area contributed by atoms with E-state index in [0.29, 0.717) is 6.54 Å². The Morgan fingerprint density at radius 1 is 1.67 bits per heavy atom. The number of rotatable bonds is 3. The van der Waals surface area contributed by atoms with Crippen molar-refractivity contribution in [3.8, 4) is 0 Å². The first-order valence-electron chi connectivity index (χ1n) is 3.70. The van der Waals surface area contributed by atoms with Gasteiger partial charge in [-0.25, -0.2) is 4.98 Å². The minimum absolute atomic E-state index is 0.130. The van der Waals surface area contributed by atoms with Crippen molar-refractivity contribution >= 4 is 5.96 Å². The molecule has 0 spiro atoms. The highest BCUT2D eigenvalue weighted by atomic mass is 15.0. The molecule has 4 N–H and O–H groups in total. The van der Waals surface area contributed by atoms with Crippen molar-refractivity contribution in [2.24, 2.45) is 23.5 Å². The van der Waals surface area contributed by atoms with Crippen LogP contribution in [0.15, 0.2) is 17.5 Å². The monoisotopic (exact) mass is 167 g/mol. The van der Waals surface area contributed by atoms with Crippen LogP contribution in [0.25, 0.3) is 0 Å². The topological polar surface area (TPSA) is 82.2 Å². The molecule has 1 aromatic rings. The highest BCUT2D eigenvalue weighted by Crippen LogP contribution is 1.94. The van der Waals surface area contributed by atoms with Gasteiger partial charge in [-0.05, 0) is 0 Å². The van der Waals surface area contributed by atoms with E-state index in [9.17, 15) is 0 Å². The fourth-order valence-corrected chi connectivity index (χ4v) is 0.896. The largest absolute Gasteiger partial charge is 0.370 e. The molecule has 0 amide bonds. The van der Waals surface area contributed by atoms with Gasteiger partial charge in [-0.15, -0.1) is 0 Å². The quantitative estimate of drug-likeness (QED) is 0.458. The maximum absolute atomic E-state index is 5.16. The van der Waals surface area contributed by atoms with Crippen molar-refractivity contribution in [1.29, 1.82) is 0 Å². The van der Waals surface area contributed by atoms with Gasteiger partial charge in [0.05, 0.1) is 12.0 Å². The fraction of sp³-hybridized carbons (Fsp3) is 0.429. The molecule has 66 valence electrons. The summed E-state index contributed by atoms with van der Waals surface area (Å²) in [6, 6.07) is 0. The van der Waals surface area contributed by atoms with Crippen LogP contribution in [-0.4, -0.2) is 22.1 Å². The molecule has 0 fully saturated rings. The SMILES string of the molecule is Cn1cnc(CCN=C(N)N)c1. The van der Waals surface area contributed by atoms with Crippen molar-refractivity contribution in [2.75, 3.05) is 6.54 Å². The summed E-state index contributed by atoms with van der Waals surface area (Å²) in [6.07, 6.45) is 4.48. The van der Waals surface area contributed by atoms with Gasteiger partial charge in [-0.3, -0.25) is 4.99 Å². The van der Waals surface area contributed by atoms with E-state index in [0.717, 1.165) is 12.1 Å². The lowest BCUT2D eigenvalue weighted by Gasteiger charge is -1.92. The first-order chi connectivity index (χ1) is 5.68.